The maximum Gasteiger partial charge on any atom is 0.261 e. The minimum Gasteiger partial charge on any atom is -0.484 e. The van der Waals surface area contributed by atoms with Gasteiger partial charge in [-0.3, -0.25) is 9.59 Å². The highest BCUT2D eigenvalue weighted by atomic mass is 19.1. The van der Waals surface area contributed by atoms with Crippen LogP contribution in [0.2, 0.25) is 0 Å². The van der Waals surface area contributed by atoms with Crippen LogP contribution < -0.4 is 10.1 Å². The van der Waals surface area contributed by atoms with Gasteiger partial charge < -0.3 is 15.0 Å². The summed E-state index contributed by atoms with van der Waals surface area (Å²) in [5.41, 5.74) is 2.84. The first-order valence-corrected chi connectivity index (χ1v) is 13.2. The average molecular weight is 519 g/mol. The van der Waals surface area contributed by atoms with Crippen LogP contribution in [0.25, 0.3) is 0 Å². The van der Waals surface area contributed by atoms with Crippen LogP contribution in [0.1, 0.15) is 57.7 Å². The third-order valence-corrected chi connectivity index (χ3v) is 6.62. The smallest absolute Gasteiger partial charge is 0.261 e. The molecule has 0 saturated heterocycles. The van der Waals surface area contributed by atoms with E-state index in [1.165, 1.54) is 17.7 Å². The third-order valence-electron chi connectivity index (χ3n) is 6.62. The SMILES string of the molecule is CCC(C)NC(=O)C(Cc1ccccc1)N(Cc1ccc(F)cc1)C(=O)COc1ccc(C(C)(C)C)cc1. The molecule has 0 aromatic heterocycles. The quantitative estimate of drug-likeness (QED) is 0.336. The third kappa shape index (κ3) is 8.44. The van der Waals surface area contributed by atoms with Gasteiger partial charge in [-0.05, 0) is 59.7 Å². The number of nitrogens with zero attached hydrogens (tertiary/aromatic N) is 1. The standard InChI is InChI=1S/C32H39FN2O3/c1-6-23(2)34-31(37)29(20-24-10-8-7-9-11-24)35(21-25-12-16-27(33)17-13-25)30(36)22-38-28-18-14-26(15-19-28)32(3,4)5/h7-19,23,29H,6,20-22H2,1-5H3,(H,34,37). The summed E-state index contributed by atoms with van der Waals surface area (Å²) in [5, 5.41) is 3.04. The van der Waals surface area contributed by atoms with E-state index >= 15 is 0 Å². The number of rotatable bonds is 11. The molecule has 2 amide bonds. The van der Waals surface area contributed by atoms with Gasteiger partial charge in [0.05, 0.1) is 0 Å². The molecule has 0 fully saturated rings. The molecule has 38 heavy (non-hydrogen) atoms. The van der Waals surface area contributed by atoms with Crippen molar-refractivity contribution in [2.45, 2.75) is 71.5 Å². The molecule has 202 valence electrons. The van der Waals surface area contributed by atoms with Crippen LogP contribution in [0, 0.1) is 5.82 Å². The van der Waals surface area contributed by atoms with Gasteiger partial charge in [-0.15, -0.1) is 0 Å². The molecule has 0 spiro atoms. The van der Waals surface area contributed by atoms with E-state index < -0.39 is 6.04 Å². The summed E-state index contributed by atoms with van der Waals surface area (Å²) in [6.07, 6.45) is 1.11. The second-order valence-corrected chi connectivity index (χ2v) is 10.7. The lowest BCUT2D eigenvalue weighted by molar-refractivity contribution is -0.143. The van der Waals surface area contributed by atoms with Crippen molar-refractivity contribution in [3.63, 3.8) is 0 Å². The normalized spacial score (nSPS) is 12.9. The number of hydrogen-bond acceptors (Lipinski definition) is 3. The van der Waals surface area contributed by atoms with E-state index in [0.29, 0.717) is 12.2 Å². The van der Waals surface area contributed by atoms with Crippen molar-refractivity contribution in [2.75, 3.05) is 6.61 Å². The Morgan fingerprint density at radius 1 is 0.921 bits per heavy atom. The first-order chi connectivity index (χ1) is 18.1. The lowest BCUT2D eigenvalue weighted by Gasteiger charge is -2.32. The summed E-state index contributed by atoms with van der Waals surface area (Å²) < 4.78 is 19.5. The van der Waals surface area contributed by atoms with Crippen LogP contribution in [-0.2, 0) is 28.0 Å². The van der Waals surface area contributed by atoms with Crippen LogP contribution >= 0.6 is 0 Å². The lowest BCUT2D eigenvalue weighted by Crippen LogP contribution is -2.53. The molecule has 2 unspecified atom stereocenters. The molecule has 0 aliphatic heterocycles. The molecule has 6 heteroatoms. The molecule has 3 aromatic carbocycles. The molecule has 1 N–H and O–H groups in total. The Kier molecular flexibility index (Phi) is 10.1. The van der Waals surface area contributed by atoms with Gasteiger partial charge in [0.15, 0.2) is 6.61 Å². The molecule has 5 nitrogen and oxygen atoms in total. The Morgan fingerprint density at radius 2 is 1.55 bits per heavy atom. The van der Waals surface area contributed by atoms with Crippen LogP contribution in [0.15, 0.2) is 78.9 Å². The van der Waals surface area contributed by atoms with Crippen LogP contribution in [0.4, 0.5) is 4.39 Å². The minimum absolute atomic E-state index is 0.00789. The van der Waals surface area contributed by atoms with Gasteiger partial charge in [0.1, 0.15) is 17.6 Å². The first-order valence-electron chi connectivity index (χ1n) is 13.2. The number of ether oxygens (including phenoxy) is 1. The van der Waals surface area contributed by atoms with Crippen molar-refractivity contribution >= 4 is 11.8 Å². The molecule has 0 radical (unpaired) electrons. The Morgan fingerprint density at radius 3 is 2.13 bits per heavy atom. The second-order valence-electron chi connectivity index (χ2n) is 10.7. The van der Waals surface area contributed by atoms with E-state index in [1.807, 2.05) is 68.4 Å². The predicted molar refractivity (Wildman–Crippen MR) is 149 cm³/mol. The number of hydrogen-bond donors (Lipinski definition) is 1. The molecule has 0 aliphatic carbocycles. The lowest BCUT2D eigenvalue weighted by atomic mass is 9.87. The van der Waals surface area contributed by atoms with E-state index in [1.54, 1.807) is 17.0 Å². The Bertz CT molecular complexity index is 1170. The predicted octanol–water partition coefficient (Wildman–Crippen LogP) is 6.06. The van der Waals surface area contributed by atoms with Gasteiger partial charge in [0.2, 0.25) is 5.91 Å². The maximum absolute atomic E-state index is 13.7. The second kappa shape index (κ2) is 13.2. The zero-order valence-corrected chi connectivity index (χ0v) is 23.0. The zero-order valence-electron chi connectivity index (χ0n) is 23.0. The van der Waals surface area contributed by atoms with E-state index in [4.69, 9.17) is 4.74 Å². The molecular formula is C32H39FN2O3. The summed E-state index contributed by atoms with van der Waals surface area (Å²) in [6, 6.07) is 22.5. The first kappa shape index (κ1) is 28.9. The van der Waals surface area contributed by atoms with Crippen LogP contribution in [-0.4, -0.2) is 35.4 Å². The van der Waals surface area contributed by atoms with Gasteiger partial charge in [-0.2, -0.15) is 0 Å². The minimum atomic E-state index is -0.768. The van der Waals surface area contributed by atoms with Crippen molar-refractivity contribution in [2.24, 2.45) is 0 Å². The Hall–Kier alpha value is -3.67. The molecule has 0 aliphatic rings. The average Bonchev–Trinajstić information content (AvgIpc) is 2.90. The number of nitrogens with one attached hydrogen (secondary N) is 1. The van der Waals surface area contributed by atoms with Gasteiger partial charge in [0.25, 0.3) is 5.91 Å². The largest absolute Gasteiger partial charge is 0.484 e. The van der Waals surface area contributed by atoms with Gasteiger partial charge >= 0.3 is 0 Å². The fourth-order valence-electron chi connectivity index (χ4n) is 4.06. The summed E-state index contributed by atoms with van der Waals surface area (Å²) in [5.74, 6) is -0.330. The van der Waals surface area contributed by atoms with E-state index in [9.17, 15) is 14.0 Å². The van der Waals surface area contributed by atoms with Crippen molar-refractivity contribution in [3.05, 3.63) is 101 Å². The monoisotopic (exact) mass is 518 g/mol. The highest BCUT2D eigenvalue weighted by Gasteiger charge is 2.31. The summed E-state index contributed by atoms with van der Waals surface area (Å²) in [6.45, 7) is 10.3. The maximum atomic E-state index is 13.7. The van der Waals surface area contributed by atoms with Crippen molar-refractivity contribution in [1.29, 1.82) is 0 Å². The van der Waals surface area contributed by atoms with E-state index in [0.717, 1.165) is 17.5 Å². The van der Waals surface area contributed by atoms with Crippen molar-refractivity contribution in [3.8, 4) is 5.75 Å². The number of amides is 2. The molecule has 3 aromatic rings. The fraction of sp³-hybridized carbons (Fsp3) is 0.375. The molecule has 0 heterocycles. The van der Waals surface area contributed by atoms with Crippen LogP contribution in [0.5, 0.6) is 5.75 Å². The summed E-state index contributed by atoms with van der Waals surface area (Å²) in [4.78, 5) is 28.7. The Labute approximate surface area is 226 Å². The number of benzene rings is 3. The van der Waals surface area contributed by atoms with Gasteiger partial charge in [-0.25, -0.2) is 4.39 Å². The summed E-state index contributed by atoms with van der Waals surface area (Å²) >= 11 is 0. The molecule has 3 rings (SSSR count). The molecule has 0 saturated carbocycles. The molecule has 0 bridgehead atoms. The fourth-order valence-corrected chi connectivity index (χ4v) is 4.06. The van der Waals surface area contributed by atoms with Crippen molar-refractivity contribution in [1.82, 2.24) is 10.2 Å². The van der Waals surface area contributed by atoms with Gasteiger partial charge in [0, 0.05) is 19.0 Å². The topological polar surface area (TPSA) is 58.6 Å². The molecular weight excluding hydrogens is 479 g/mol. The number of carbonyl (C=O) groups is 2. The number of halogens is 1. The highest BCUT2D eigenvalue weighted by molar-refractivity contribution is 5.88. The zero-order chi connectivity index (χ0) is 27.7. The number of carbonyl (C=O) groups excluding carboxylic acids is 2. The van der Waals surface area contributed by atoms with Crippen LogP contribution in [0.3, 0.4) is 0 Å². The highest BCUT2D eigenvalue weighted by Crippen LogP contribution is 2.24. The van der Waals surface area contributed by atoms with E-state index in [2.05, 4.69) is 26.1 Å². The summed E-state index contributed by atoms with van der Waals surface area (Å²) in [7, 11) is 0. The van der Waals surface area contributed by atoms with Crippen molar-refractivity contribution < 1.29 is 18.7 Å². The van der Waals surface area contributed by atoms with Gasteiger partial charge in [-0.1, -0.05) is 82.3 Å². The molecule has 2 atom stereocenters. The van der Waals surface area contributed by atoms with E-state index in [-0.39, 0.29) is 42.2 Å². The Balaban J connectivity index is 1.88.